The summed E-state index contributed by atoms with van der Waals surface area (Å²) in [5, 5.41) is 3.45. The van der Waals surface area contributed by atoms with E-state index in [0.717, 1.165) is 6.54 Å². The SMILES string of the molecule is CCCCCC(C)NCCn1cncc(I)c1=O. The van der Waals surface area contributed by atoms with Crippen LogP contribution in [0.25, 0.3) is 0 Å². The smallest absolute Gasteiger partial charge is 0.266 e. The van der Waals surface area contributed by atoms with Gasteiger partial charge < -0.3 is 5.32 Å². The van der Waals surface area contributed by atoms with Crippen LogP contribution < -0.4 is 10.9 Å². The molecule has 0 aromatic carbocycles. The number of nitrogens with zero attached hydrogens (tertiary/aromatic N) is 2. The Morgan fingerprint density at radius 3 is 3.00 bits per heavy atom. The molecule has 5 heteroatoms. The molecule has 0 fully saturated rings. The summed E-state index contributed by atoms with van der Waals surface area (Å²) >= 11 is 2.02. The van der Waals surface area contributed by atoms with Crippen LogP contribution >= 0.6 is 22.6 Å². The van der Waals surface area contributed by atoms with E-state index in [0.29, 0.717) is 16.2 Å². The number of hydrogen-bond acceptors (Lipinski definition) is 3. The van der Waals surface area contributed by atoms with Gasteiger partial charge in [-0.2, -0.15) is 0 Å². The molecule has 1 rings (SSSR count). The average molecular weight is 363 g/mol. The van der Waals surface area contributed by atoms with Crippen LogP contribution in [0.15, 0.2) is 17.3 Å². The first-order chi connectivity index (χ1) is 8.65. The molecule has 1 atom stereocenters. The first kappa shape index (κ1) is 15.6. The summed E-state index contributed by atoms with van der Waals surface area (Å²) in [7, 11) is 0. The zero-order valence-electron chi connectivity index (χ0n) is 11.2. The van der Waals surface area contributed by atoms with E-state index in [-0.39, 0.29) is 5.56 Å². The lowest BCUT2D eigenvalue weighted by Gasteiger charge is -2.14. The minimum Gasteiger partial charge on any atom is -0.312 e. The molecular formula is C13H22IN3O. The van der Waals surface area contributed by atoms with Crippen LogP contribution in [0.4, 0.5) is 0 Å². The Kier molecular flexibility index (Phi) is 7.50. The van der Waals surface area contributed by atoms with Crippen molar-refractivity contribution in [2.75, 3.05) is 6.54 Å². The Morgan fingerprint density at radius 2 is 2.28 bits per heavy atom. The second-order valence-electron chi connectivity index (χ2n) is 4.59. The van der Waals surface area contributed by atoms with Gasteiger partial charge in [-0.15, -0.1) is 0 Å². The van der Waals surface area contributed by atoms with Gasteiger partial charge in [0.15, 0.2) is 0 Å². The molecule has 0 aliphatic heterocycles. The summed E-state index contributed by atoms with van der Waals surface area (Å²) in [5.74, 6) is 0. The standard InChI is InChI=1S/C13H22IN3O/c1-3-4-5-6-11(2)16-7-8-17-10-15-9-12(14)13(17)18/h9-11,16H,3-8H2,1-2H3. The maximum Gasteiger partial charge on any atom is 0.266 e. The third-order valence-electron chi connectivity index (χ3n) is 2.95. The Hall–Kier alpha value is -0.430. The molecule has 102 valence electrons. The van der Waals surface area contributed by atoms with Crippen molar-refractivity contribution in [2.45, 2.75) is 52.1 Å². The number of nitrogens with one attached hydrogen (secondary N) is 1. The maximum absolute atomic E-state index is 11.7. The first-order valence-corrected chi connectivity index (χ1v) is 7.66. The molecule has 0 spiro atoms. The van der Waals surface area contributed by atoms with Gasteiger partial charge in [-0.05, 0) is 35.9 Å². The molecule has 0 radical (unpaired) electrons. The number of hydrogen-bond donors (Lipinski definition) is 1. The van der Waals surface area contributed by atoms with Crippen molar-refractivity contribution in [3.8, 4) is 0 Å². The molecule has 1 N–H and O–H groups in total. The van der Waals surface area contributed by atoms with Gasteiger partial charge in [0.25, 0.3) is 5.56 Å². The van der Waals surface area contributed by atoms with Crippen molar-refractivity contribution in [3.05, 3.63) is 26.4 Å². The highest BCUT2D eigenvalue weighted by Crippen LogP contribution is 2.02. The van der Waals surface area contributed by atoms with Crippen molar-refractivity contribution in [3.63, 3.8) is 0 Å². The minimum absolute atomic E-state index is 0.0473. The second-order valence-corrected chi connectivity index (χ2v) is 5.75. The van der Waals surface area contributed by atoms with Crippen molar-refractivity contribution >= 4 is 22.6 Å². The molecular weight excluding hydrogens is 341 g/mol. The largest absolute Gasteiger partial charge is 0.312 e. The van der Waals surface area contributed by atoms with Crippen LogP contribution in [0.3, 0.4) is 0 Å². The molecule has 4 nitrogen and oxygen atoms in total. The quantitative estimate of drug-likeness (QED) is 0.570. The summed E-state index contributed by atoms with van der Waals surface area (Å²) in [5.41, 5.74) is 0.0473. The van der Waals surface area contributed by atoms with Crippen LogP contribution in [0.5, 0.6) is 0 Å². The van der Waals surface area contributed by atoms with Gasteiger partial charge in [-0.25, -0.2) is 4.98 Å². The van der Waals surface area contributed by atoms with Gasteiger partial charge >= 0.3 is 0 Å². The van der Waals surface area contributed by atoms with Crippen molar-refractivity contribution in [2.24, 2.45) is 0 Å². The second kappa shape index (κ2) is 8.63. The van der Waals surface area contributed by atoms with E-state index in [1.54, 1.807) is 17.1 Å². The Bertz CT molecular complexity index is 405. The van der Waals surface area contributed by atoms with Gasteiger partial charge in [0, 0.05) is 25.3 Å². The van der Waals surface area contributed by atoms with Crippen LogP contribution in [0, 0.1) is 3.57 Å². The van der Waals surface area contributed by atoms with E-state index >= 15 is 0 Å². The summed E-state index contributed by atoms with van der Waals surface area (Å²) in [6, 6.07) is 0.517. The highest BCUT2D eigenvalue weighted by atomic mass is 127. The van der Waals surface area contributed by atoms with E-state index in [1.165, 1.54) is 25.7 Å². The average Bonchev–Trinajstić information content (AvgIpc) is 2.35. The molecule has 0 amide bonds. The summed E-state index contributed by atoms with van der Waals surface area (Å²) in [6.07, 6.45) is 8.24. The molecule has 0 bridgehead atoms. The molecule has 0 aliphatic carbocycles. The van der Waals surface area contributed by atoms with Crippen LogP contribution in [0.2, 0.25) is 0 Å². The molecule has 1 heterocycles. The van der Waals surface area contributed by atoms with Crippen LogP contribution in [-0.4, -0.2) is 22.1 Å². The van der Waals surface area contributed by atoms with E-state index in [4.69, 9.17) is 0 Å². The zero-order chi connectivity index (χ0) is 13.4. The Morgan fingerprint density at radius 1 is 1.50 bits per heavy atom. The monoisotopic (exact) mass is 363 g/mol. The number of unbranched alkanes of at least 4 members (excludes halogenated alkanes) is 2. The van der Waals surface area contributed by atoms with E-state index in [1.807, 2.05) is 22.6 Å². The highest BCUT2D eigenvalue weighted by Gasteiger charge is 2.03. The fourth-order valence-corrected chi connectivity index (χ4v) is 2.29. The normalized spacial score (nSPS) is 12.6. The minimum atomic E-state index is 0.0473. The lowest BCUT2D eigenvalue weighted by molar-refractivity contribution is 0.466. The summed E-state index contributed by atoms with van der Waals surface area (Å²) in [6.45, 7) is 5.91. The van der Waals surface area contributed by atoms with Crippen molar-refractivity contribution < 1.29 is 0 Å². The molecule has 18 heavy (non-hydrogen) atoms. The fraction of sp³-hybridized carbons (Fsp3) is 0.692. The van der Waals surface area contributed by atoms with Gasteiger partial charge in [0.05, 0.1) is 9.90 Å². The van der Waals surface area contributed by atoms with Crippen molar-refractivity contribution in [1.82, 2.24) is 14.9 Å². The zero-order valence-corrected chi connectivity index (χ0v) is 13.3. The lowest BCUT2D eigenvalue weighted by atomic mass is 10.1. The number of rotatable bonds is 8. The maximum atomic E-state index is 11.7. The number of aromatic nitrogens is 2. The topological polar surface area (TPSA) is 46.9 Å². The van der Waals surface area contributed by atoms with E-state index < -0.39 is 0 Å². The fourth-order valence-electron chi connectivity index (χ4n) is 1.82. The predicted molar refractivity (Wildman–Crippen MR) is 82.8 cm³/mol. The third-order valence-corrected chi connectivity index (χ3v) is 3.69. The molecule has 1 aromatic heterocycles. The Balaban J connectivity index is 2.29. The van der Waals surface area contributed by atoms with Gasteiger partial charge in [0.1, 0.15) is 0 Å². The lowest BCUT2D eigenvalue weighted by Crippen LogP contribution is -2.32. The first-order valence-electron chi connectivity index (χ1n) is 6.58. The van der Waals surface area contributed by atoms with Crippen LogP contribution in [-0.2, 0) is 6.54 Å². The predicted octanol–water partition coefficient (Wildman–Crippen LogP) is 2.41. The molecule has 1 aromatic rings. The molecule has 1 unspecified atom stereocenters. The summed E-state index contributed by atoms with van der Waals surface area (Å²) in [4.78, 5) is 15.8. The number of halogens is 1. The molecule has 0 saturated heterocycles. The van der Waals surface area contributed by atoms with Crippen molar-refractivity contribution in [1.29, 1.82) is 0 Å². The van der Waals surface area contributed by atoms with Gasteiger partial charge in [-0.1, -0.05) is 26.2 Å². The summed E-state index contributed by atoms with van der Waals surface area (Å²) < 4.78 is 2.33. The van der Waals surface area contributed by atoms with Gasteiger partial charge in [0.2, 0.25) is 0 Å². The van der Waals surface area contributed by atoms with Gasteiger partial charge in [-0.3, -0.25) is 9.36 Å². The molecule has 0 aliphatic rings. The van der Waals surface area contributed by atoms with E-state index in [2.05, 4.69) is 24.1 Å². The van der Waals surface area contributed by atoms with E-state index in [9.17, 15) is 4.79 Å². The Labute approximate surface area is 122 Å². The van der Waals surface area contributed by atoms with Crippen LogP contribution in [0.1, 0.15) is 39.5 Å². The molecule has 0 saturated carbocycles. The third kappa shape index (κ3) is 5.48. The highest BCUT2D eigenvalue weighted by molar-refractivity contribution is 14.1.